The van der Waals surface area contributed by atoms with E-state index in [0.717, 1.165) is 16.3 Å². The number of amides is 2. The fraction of sp³-hybridized carbons (Fsp3) is 0.333. The van der Waals surface area contributed by atoms with Gasteiger partial charge in [-0.3, -0.25) is 19.5 Å². The maximum Gasteiger partial charge on any atom is 0.416 e. The summed E-state index contributed by atoms with van der Waals surface area (Å²) in [6, 6.07) is 10.5. The molecular formula is C24H25F3N4O5S. The quantitative estimate of drug-likeness (QED) is 0.381. The number of aromatic nitrogens is 2. The van der Waals surface area contributed by atoms with Crippen molar-refractivity contribution >= 4 is 29.0 Å². The zero-order valence-electron chi connectivity index (χ0n) is 19.9. The van der Waals surface area contributed by atoms with Gasteiger partial charge in [-0.2, -0.15) is 13.2 Å². The van der Waals surface area contributed by atoms with Crippen molar-refractivity contribution in [2.24, 2.45) is 5.92 Å². The minimum Gasteiger partial charge on any atom is -0.444 e. The van der Waals surface area contributed by atoms with Crippen molar-refractivity contribution in [3.8, 4) is 10.7 Å². The monoisotopic (exact) mass is 538 g/mol. The van der Waals surface area contributed by atoms with Crippen molar-refractivity contribution in [2.75, 3.05) is 5.32 Å². The first kappa shape index (κ1) is 27.9. The summed E-state index contributed by atoms with van der Waals surface area (Å²) in [4.78, 5) is 42.9. The lowest BCUT2D eigenvalue weighted by Gasteiger charge is -2.29. The molecule has 198 valence electrons. The van der Waals surface area contributed by atoms with Gasteiger partial charge in [0, 0.05) is 0 Å². The van der Waals surface area contributed by atoms with Gasteiger partial charge in [-0.15, -0.1) is 11.3 Å². The van der Waals surface area contributed by atoms with Gasteiger partial charge in [-0.1, -0.05) is 50.2 Å². The number of nitrogens with one attached hydrogen (secondary N) is 2. The van der Waals surface area contributed by atoms with Crippen molar-refractivity contribution in [3.05, 3.63) is 70.0 Å². The Morgan fingerprint density at radius 3 is 2.46 bits per heavy atom. The molecule has 2 atom stereocenters. The summed E-state index contributed by atoms with van der Waals surface area (Å²) in [6.45, 7) is 2.07. The molecule has 0 aliphatic rings. The van der Waals surface area contributed by atoms with E-state index in [9.17, 15) is 32.7 Å². The number of anilines is 1. The highest BCUT2D eigenvalue weighted by atomic mass is 32.1. The number of hydrogen-bond acceptors (Lipinski definition) is 7. The Hall–Kier alpha value is -3.71. The van der Waals surface area contributed by atoms with Gasteiger partial charge in [-0.25, -0.2) is 9.78 Å². The third-order valence-corrected chi connectivity index (χ3v) is 6.13. The lowest BCUT2D eigenvalue weighted by atomic mass is 9.98. The average molecular weight is 539 g/mol. The molecule has 3 rings (SSSR count). The normalized spacial score (nSPS) is 13.2. The summed E-state index contributed by atoms with van der Waals surface area (Å²) in [5.41, 5.74) is -0.386. The Balaban J connectivity index is 1.83. The molecule has 2 amide bonds. The van der Waals surface area contributed by atoms with Crippen LogP contribution in [-0.2, 0) is 22.7 Å². The van der Waals surface area contributed by atoms with Crippen molar-refractivity contribution < 1.29 is 32.6 Å². The standard InChI is InChI=1S/C24H25F3N4O5S/c1-14(2)19(20(33)24(25,26)27)30-18(32)12-31-21(17-9-6-10-37-17)28-11-16(22(31)34)29-23(35)36-13-15-7-4-3-5-8-15/h3-11,14,19-20,33H,12-13H2,1-2H3,(H,29,35)(H,30,32). The van der Waals surface area contributed by atoms with Crippen molar-refractivity contribution in [1.29, 1.82) is 0 Å². The fourth-order valence-electron chi connectivity index (χ4n) is 3.39. The third kappa shape index (κ3) is 7.40. The fourth-order valence-corrected chi connectivity index (χ4v) is 4.11. The van der Waals surface area contributed by atoms with Gasteiger partial charge in [-0.05, 0) is 22.9 Å². The first-order chi connectivity index (χ1) is 17.5. The first-order valence-electron chi connectivity index (χ1n) is 11.1. The molecule has 0 saturated heterocycles. The van der Waals surface area contributed by atoms with E-state index in [1.807, 2.05) is 0 Å². The minimum atomic E-state index is -4.95. The number of halogens is 3. The molecule has 0 spiro atoms. The predicted octanol–water partition coefficient (Wildman–Crippen LogP) is 3.78. The van der Waals surface area contributed by atoms with Crippen LogP contribution in [0.1, 0.15) is 19.4 Å². The molecule has 2 aromatic heterocycles. The van der Waals surface area contributed by atoms with E-state index < -0.39 is 48.3 Å². The van der Waals surface area contributed by atoms with E-state index in [4.69, 9.17) is 4.74 Å². The van der Waals surface area contributed by atoms with E-state index in [1.165, 1.54) is 25.2 Å². The van der Waals surface area contributed by atoms with Crippen LogP contribution in [0.25, 0.3) is 10.7 Å². The third-order valence-electron chi connectivity index (χ3n) is 5.26. The van der Waals surface area contributed by atoms with Crippen molar-refractivity contribution in [2.45, 2.75) is 45.3 Å². The van der Waals surface area contributed by atoms with Crippen LogP contribution in [0.4, 0.5) is 23.7 Å². The Labute approximate surface area is 213 Å². The summed E-state index contributed by atoms with van der Waals surface area (Å²) in [6.07, 6.45) is -7.57. The van der Waals surface area contributed by atoms with E-state index in [-0.39, 0.29) is 18.1 Å². The number of carbonyl (C=O) groups excluding carboxylic acids is 2. The van der Waals surface area contributed by atoms with Crippen LogP contribution >= 0.6 is 11.3 Å². The van der Waals surface area contributed by atoms with Gasteiger partial charge in [0.25, 0.3) is 5.56 Å². The van der Waals surface area contributed by atoms with Gasteiger partial charge in [0.05, 0.1) is 17.1 Å². The number of rotatable bonds is 9. The van der Waals surface area contributed by atoms with Gasteiger partial charge in [0.15, 0.2) is 11.9 Å². The molecule has 37 heavy (non-hydrogen) atoms. The molecule has 0 bridgehead atoms. The maximum absolute atomic E-state index is 13.2. The highest BCUT2D eigenvalue weighted by Gasteiger charge is 2.45. The van der Waals surface area contributed by atoms with Gasteiger partial charge in [0.1, 0.15) is 18.8 Å². The van der Waals surface area contributed by atoms with Crippen LogP contribution in [0.5, 0.6) is 0 Å². The lowest BCUT2D eigenvalue weighted by molar-refractivity contribution is -0.215. The molecule has 2 heterocycles. The molecule has 13 heteroatoms. The molecule has 9 nitrogen and oxygen atoms in total. The molecule has 0 aliphatic carbocycles. The predicted molar refractivity (Wildman–Crippen MR) is 131 cm³/mol. The average Bonchev–Trinajstić information content (AvgIpc) is 3.38. The smallest absolute Gasteiger partial charge is 0.416 e. The molecule has 0 fully saturated rings. The van der Waals surface area contributed by atoms with Gasteiger partial charge >= 0.3 is 12.3 Å². The largest absolute Gasteiger partial charge is 0.444 e. The number of aliphatic hydroxyl groups excluding tert-OH is 1. The second kappa shape index (κ2) is 12.0. The molecular weight excluding hydrogens is 513 g/mol. The Bertz CT molecular complexity index is 1260. The SMILES string of the molecule is CC(C)C(NC(=O)Cn1c(-c2cccs2)ncc(NC(=O)OCc2ccccc2)c1=O)C(O)C(F)(F)F. The highest BCUT2D eigenvalue weighted by Crippen LogP contribution is 2.26. The summed E-state index contributed by atoms with van der Waals surface area (Å²) in [5.74, 6) is -1.64. The second-order valence-corrected chi connectivity index (χ2v) is 9.32. The van der Waals surface area contributed by atoms with Crippen LogP contribution in [0.2, 0.25) is 0 Å². The van der Waals surface area contributed by atoms with Crippen molar-refractivity contribution in [3.63, 3.8) is 0 Å². The number of thiophene rings is 1. The van der Waals surface area contributed by atoms with Gasteiger partial charge in [0.2, 0.25) is 5.91 Å². The molecule has 0 aliphatic heterocycles. The van der Waals surface area contributed by atoms with Crippen LogP contribution in [0.3, 0.4) is 0 Å². The van der Waals surface area contributed by atoms with Crippen LogP contribution in [0, 0.1) is 5.92 Å². The number of hydrogen-bond donors (Lipinski definition) is 3. The summed E-state index contributed by atoms with van der Waals surface area (Å²) in [7, 11) is 0. The molecule has 2 unspecified atom stereocenters. The zero-order chi connectivity index (χ0) is 27.2. The Kier molecular flexibility index (Phi) is 9.05. The molecule has 0 radical (unpaired) electrons. The summed E-state index contributed by atoms with van der Waals surface area (Å²) < 4.78 is 45.3. The number of aliphatic hydroxyl groups is 1. The number of benzene rings is 1. The zero-order valence-corrected chi connectivity index (χ0v) is 20.7. The first-order valence-corrected chi connectivity index (χ1v) is 12.0. The van der Waals surface area contributed by atoms with E-state index in [0.29, 0.717) is 4.88 Å². The Morgan fingerprint density at radius 2 is 1.86 bits per heavy atom. The number of nitrogens with zero attached hydrogens (tertiary/aromatic N) is 2. The van der Waals surface area contributed by atoms with Crippen LogP contribution < -0.4 is 16.2 Å². The van der Waals surface area contributed by atoms with E-state index in [1.54, 1.807) is 47.8 Å². The van der Waals surface area contributed by atoms with Crippen LogP contribution in [-0.4, -0.2) is 45.0 Å². The minimum absolute atomic E-state index is 0.0535. The highest BCUT2D eigenvalue weighted by molar-refractivity contribution is 7.13. The number of carbonyl (C=O) groups is 2. The maximum atomic E-state index is 13.2. The van der Waals surface area contributed by atoms with Crippen molar-refractivity contribution in [1.82, 2.24) is 14.9 Å². The molecule has 3 N–H and O–H groups in total. The molecule has 0 saturated carbocycles. The van der Waals surface area contributed by atoms with Crippen LogP contribution in [0.15, 0.2) is 58.8 Å². The second-order valence-electron chi connectivity index (χ2n) is 8.37. The molecule has 3 aromatic rings. The summed E-state index contributed by atoms with van der Waals surface area (Å²) >= 11 is 1.22. The number of ether oxygens (including phenoxy) is 1. The Morgan fingerprint density at radius 1 is 1.16 bits per heavy atom. The van der Waals surface area contributed by atoms with Gasteiger partial charge < -0.3 is 15.2 Å². The topological polar surface area (TPSA) is 123 Å². The summed E-state index contributed by atoms with van der Waals surface area (Å²) in [5, 5.41) is 15.9. The number of alkyl halides is 3. The van der Waals surface area contributed by atoms with E-state index >= 15 is 0 Å². The van der Waals surface area contributed by atoms with E-state index in [2.05, 4.69) is 15.6 Å². The molecule has 1 aromatic carbocycles. The lowest BCUT2D eigenvalue weighted by Crippen LogP contribution is -2.53.